The van der Waals surface area contributed by atoms with Crippen LogP contribution in [0.1, 0.15) is 67.2 Å². The number of carbonyl (C=O) groups excluding carboxylic acids is 1. The van der Waals surface area contributed by atoms with E-state index >= 15 is 0 Å². The third-order valence-electron chi connectivity index (χ3n) is 5.25. The van der Waals surface area contributed by atoms with E-state index in [1.807, 2.05) is 43.0 Å². The van der Waals surface area contributed by atoms with Crippen molar-refractivity contribution in [3.63, 3.8) is 0 Å². The lowest BCUT2D eigenvalue weighted by atomic mass is 10.2. The van der Waals surface area contributed by atoms with Gasteiger partial charge in [-0.25, -0.2) is 4.98 Å². The number of unbranched alkanes of at least 4 members (excludes halogenated alkanes) is 2. The summed E-state index contributed by atoms with van der Waals surface area (Å²) >= 11 is 0. The van der Waals surface area contributed by atoms with Crippen molar-refractivity contribution in [2.24, 2.45) is 0 Å². The van der Waals surface area contributed by atoms with Crippen molar-refractivity contribution in [1.82, 2.24) is 14.5 Å². The van der Waals surface area contributed by atoms with Crippen LogP contribution < -0.4 is 0 Å². The van der Waals surface area contributed by atoms with Crippen LogP contribution in [0.25, 0.3) is 11.0 Å². The highest BCUT2D eigenvalue weighted by molar-refractivity contribution is 5.91. The maximum absolute atomic E-state index is 13.2. The molecule has 3 aromatic rings. The van der Waals surface area contributed by atoms with Gasteiger partial charge in [-0.3, -0.25) is 4.79 Å². The highest BCUT2D eigenvalue weighted by Crippen LogP contribution is 2.21. The maximum Gasteiger partial charge on any atom is 0.289 e. The van der Waals surface area contributed by atoms with Crippen LogP contribution in [0.5, 0.6) is 0 Å². The number of nitrogens with zero attached hydrogens (tertiary/aromatic N) is 3. The normalized spacial score (nSPS) is 11.3. The second-order valence-corrected chi connectivity index (χ2v) is 7.45. The summed E-state index contributed by atoms with van der Waals surface area (Å²) < 4.78 is 7.98. The molecule has 0 aliphatic carbocycles. The SMILES string of the molecule is CCCCN(Cc1nc2ccccc2n1CCCC)C(=O)c1cc(C)c(C)o1. The van der Waals surface area contributed by atoms with Crippen molar-refractivity contribution in [2.45, 2.75) is 66.5 Å². The van der Waals surface area contributed by atoms with Crippen molar-refractivity contribution < 1.29 is 9.21 Å². The van der Waals surface area contributed by atoms with E-state index in [1.54, 1.807) is 0 Å². The molecule has 0 saturated heterocycles. The number of fused-ring (bicyclic) bond motifs is 1. The van der Waals surface area contributed by atoms with Gasteiger partial charge in [0, 0.05) is 13.1 Å². The molecule has 3 rings (SSSR count). The molecule has 5 nitrogen and oxygen atoms in total. The van der Waals surface area contributed by atoms with E-state index in [-0.39, 0.29) is 5.91 Å². The fraction of sp³-hybridized carbons (Fsp3) is 0.478. The second-order valence-electron chi connectivity index (χ2n) is 7.45. The first-order valence-corrected chi connectivity index (χ1v) is 10.4. The smallest absolute Gasteiger partial charge is 0.289 e. The molecule has 0 bridgehead atoms. The molecule has 28 heavy (non-hydrogen) atoms. The van der Waals surface area contributed by atoms with Gasteiger partial charge in [0.2, 0.25) is 0 Å². The van der Waals surface area contributed by atoms with Gasteiger partial charge < -0.3 is 13.9 Å². The number of hydrogen-bond acceptors (Lipinski definition) is 3. The second kappa shape index (κ2) is 9.09. The lowest BCUT2D eigenvalue weighted by molar-refractivity contribution is 0.0701. The van der Waals surface area contributed by atoms with Gasteiger partial charge in [-0.2, -0.15) is 0 Å². The lowest BCUT2D eigenvalue weighted by Gasteiger charge is -2.22. The molecule has 0 unspecified atom stereocenters. The Labute approximate surface area is 167 Å². The van der Waals surface area contributed by atoms with Gasteiger partial charge in [0.05, 0.1) is 17.6 Å². The Morgan fingerprint density at radius 2 is 1.89 bits per heavy atom. The van der Waals surface area contributed by atoms with Gasteiger partial charge in [-0.1, -0.05) is 38.8 Å². The first-order chi connectivity index (χ1) is 13.5. The van der Waals surface area contributed by atoms with Gasteiger partial charge in [-0.15, -0.1) is 0 Å². The molecule has 0 N–H and O–H groups in total. The average Bonchev–Trinajstić information content (AvgIpc) is 3.22. The van der Waals surface area contributed by atoms with Gasteiger partial charge in [0.1, 0.15) is 11.6 Å². The monoisotopic (exact) mass is 381 g/mol. The van der Waals surface area contributed by atoms with E-state index in [1.165, 1.54) is 0 Å². The number of para-hydroxylation sites is 2. The minimum Gasteiger partial charge on any atom is -0.456 e. The minimum absolute atomic E-state index is 0.0567. The fourth-order valence-electron chi connectivity index (χ4n) is 3.42. The molecule has 0 saturated carbocycles. The standard InChI is InChI=1S/C23H31N3O2/c1-5-7-13-25(23(27)21-15-17(3)18(4)28-21)16-22-24-19-11-9-10-12-20(19)26(22)14-8-6-2/h9-12,15H,5-8,13-14,16H2,1-4H3. The molecule has 2 aromatic heterocycles. The zero-order valence-electron chi connectivity index (χ0n) is 17.5. The fourth-order valence-corrected chi connectivity index (χ4v) is 3.42. The van der Waals surface area contributed by atoms with Crippen LogP contribution >= 0.6 is 0 Å². The Bertz CT molecular complexity index is 919. The molecule has 5 heteroatoms. The number of hydrogen-bond donors (Lipinski definition) is 0. The number of benzene rings is 1. The van der Waals surface area contributed by atoms with E-state index in [9.17, 15) is 4.79 Å². The van der Waals surface area contributed by atoms with E-state index in [0.717, 1.165) is 60.4 Å². The van der Waals surface area contributed by atoms with Crippen LogP contribution in [0.4, 0.5) is 0 Å². The summed E-state index contributed by atoms with van der Waals surface area (Å²) in [5, 5.41) is 0. The van der Waals surface area contributed by atoms with E-state index in [4.69, 9.17) is 9.40 Å². The molecule has 1 amide bonds. The number of amides is 1. The lowest BCUT2D eigenvalue weighted by Crippen LogP contribution is -2.32. The summed E-state index contributed by atoms with van der Waals surface area (Å²) in [7, 11) is 0. The van der Waals surface area contributed by atoms with Gasteiger partial charge in [-0.05, 0) is 50.5 Å². The number of furan rings is 1. The minimum atomic E-state index is -0.0567. The van der Waals surface area contributed by atoms with Gasteiger partial charge in [0.25, 0.3) is 5.91 Å². The summed E-state index contributed by atoms with van der Waals surface area (Å²) in [5.41, 5.74) is 3.13. The number of imidazole rings is 1. The van der Waals surface area contributed by atoms with Crippen molar-refractivity contribution >= 4 is 16.9 Å². The highest BCUT2D eigenvalue weighted by atomic mass is 16.4. The molecule has 0 aliphatic rings. The first-order valence-electron chi connectivity index (χ1n) is 10.4. The Hall–Kier alpha value is -2.56. The number of rotatable bonds is 9. The predicted octanol–water partition coefficient (Wildman–Crippen LogP) is 5.49. The highest BCUT2D eigenvalue weighted by Gasteiger charge is 2.22. The molecule has 0 aliphatic heterocycles. The summed E-state index contributed by atoms with van der Waals surface area (Å²) in [6.45, 7) is 10.3. The van der Waals surface area contributed by atoms with Crippen LogP contribution in [-0.4, -0.2) is 26.9 Å². The average molecular weight is 382 g/mol. The van der Waals surface area contributed by atoms with E-state index < -0.39 is 0 Å². The van der Waals surface area contributed by atoms with Crippen LogP contribution in [0, 0.1) is 13.8 Å². The van der Waals surface area contributed by atoms with E-state index in [0.29, 0.717) is 18.8 Å². The third-order valence-corrected chi connectivity index (χ3v) is 5.25. The Morgan fingerprint density at radius 1 is 1.14 bits per heavy atom. The molecule has 0 radical (unpaired) electrons. The molecule has 0 atom stereocenters. The molecule has 0 spiro atoms. The predicted molar refractivity (Wildman–Crippen MR) is 112 cm³/mol. The van der Waals surface area contributed by atoms with Gasteiger partial charge >= 0.3 is 0 Å². The molecular formula is C23H31N3O2. The van der Waals surface area contributed by atoms with E-state index in [2.05, 4.69) is 24.5 Å². The quantitative estimate of drug-likeness (QED) is 0.492. The van der Waals surface area contributed by atoms with Crippen molar-refractivity contribution in [3.8, 4) is 0 Å². The molecule has 2 heterocycles. The summed E-state index contributed by atoms with van der Waals surface area (Å²) in [6.07, 6.45) is 4.20. The number of carbonyl (C=O) groups is 1. The Morgan fingerprint density at radius 3 is 2.57 bits per heavy atom. The van der Waals surface area contributed by atoms with Crippen molar-refractivity contribution in [3.05, 3.63) is 53.2 Å². The van der Waals surface area contributed by atoms with Crippen LogP contribution in [0.15, 0.2) is 34.7 Å². The zero-order valence-corrected chi connectivity index (χ0v) is 17.5. The van der Waals surface area contributed by atoms with Crippen LogP contribution in [-0.2, 0) is 13.1 Å². The first kappa shape index (κ1) is 20.2. The largest absolute Gasteiger partial charge is 0.456 e. The van der Waals surface area contributed by atoms with Crippen molar-refractivity contribution in [2.75, 3.05) is 6.54 Å². The topological polar surface area (TPSA) is 51.3 Å². The van der Waals surface area contributed by atoms with Gasteiger partial charge in [0.15, 0.2) is 5.76 Å². The molecule has 1 aromatic carbocycles. The Balaban J connectivity index is 1.92. The molecule has 0 fully saturated rings. The third kappa shape index (κ3) is 4.29. The summed E-state index contributed by atoms with van der Waals surface area (Å²) in [6, 6.07) is 10.1. The molecule has 150 valence electrons. The zero-order chi connectivity index (χ0) is 20.1. The van der Waals surface area contributed by atoms with Crippen LogP contribution in [0.2, 0.25) is 0 Å². The summed E-state index contributed by atoms with van der Waals surface area (Å²) in [4.78, 5) is 19.9. The summed E-state index contributed by atoms with van der Waals surface area (Å²) in [5.74, 6) is 2.11. The molecular weight excluding hydrogens is 350 g/mol. The van der Waals surface area contributed by atoms with Crippen molar-refractivity contribution in [1.29, 1.82) is 0 Å². The number of aromatic nitrogens is 2. The maximum atomic E-state index is 13.2. The van der Waals surface area contributed by atoms with Crippen LogP contribution in [0.3, 0.4) is 0 Å². The Kier molecular flexibility index (Phi) is 6.55. The number of aryl methyl sites for hydroxylation is 3.